The molecule has 0 saturated heterocycles. The van der Waals surface area contributed by atoms with Crippen molar-refractivity contribution in [1.29, 1.82) is 0 Å². The Labute approximate surface area is 225 Å². The lowest BCUT2D eigenvalue weighted by molar-refractivity contribution is -0.138. The summed E-state index contributed by atoms with van der Waals surface area (Å²) in [5.74, 6) is -0.426. The molecule has 0 spiro atoms. The van der Waals surface area contributed by atoms with Gasteiger partial charge in [0.2, 0.25) is 0 Å². The summed E-state index contributed by atoms with van der Waals surface area (Å²) in [7, 11) is 1.43. The highest BCUT2D eigenvalue weighted by atomic mass is 35.5. The number of Topliss-reactive ketones (excluding diaryl/α,β-unsaturated/α-hetero) is 2. The molecule has 6 nitrogen and oxygen atoms in total. The van der Waals surface area contributed by atoms with Crippen molar-refractivity contribution in [2.75, 3.05) is 12.2 Å². The first-order valence-corrected chi connectivity index (χ1v) is 13.4. The van der Waals surface area contributed by atoms with Crippen LogP contribution in [0.5, 0.6) is 0 Å². The van der Waals surface area contributed by atoms with Crippen molar-refractivity contribution in [2.45, 2.75) is 84.7 Å². The minimum absolute atomic E-state index is 0.00668. The lowest BCUT2D eigenvalue weighted by Crippen LogP contribution is -2.49. The van der Waals surface area contributed by atoms with E-state index in [1.165, 1.54) is 19.6 Å². The second-order valence-corrected chi connectivity index (χ2v) is 10.8. The number of carbonyl (C=O) groups excluding carboxylic acids is 2. The molecule has 2 aliphatic rings. The van der Waals surface area contributed by atoms with Crippen LogP contribution < -0.4 is 5.06 Å². The quantitative estimate of drug-likeness (QED) is 0.364. The van der Waals surface area contributed by atoms with E-state index in [0.29, 0.717) is 17.0 Å². The number of allylic oxidation sites excluding steroid dienone is 2. The molecular weight excluding hydrogens is 490 g/mol. The van der Waals surface area contributed by atoms with Gasteiger partial charge in [-0.15, -0.1) is 0 Å². The van der Waals surface area contributed by atoms with Crippen molar-refractivity contribution in [3.63, 3.8) is 0 Å². The van der Waals surface area contributed by atoms with E-state index in [2.05, 4.69) is 38.1 Å². The van der Waals surface area contributed by atoms with Gasteiger partial charge in [-0.1, -0.05) is 67.5 Å². The molecule has 0 bridgehead atoms. The Kier molecular flexibility index (Phi) is 10.3. The summed E-state index contributed by atoms with van der Waals surface area (Å²) in [4.78, 5) is 31.2. The molecule has 0 radical (unpaired) electrons. The Hall–Kier alpha value is -2.25. The standard InChI is InChI=1S/C30H40ClNO5/c1-7-18(2)15-24-13-14-26-23(17-22-9-8-10-25(31)27(22)32(26)37-24)16-20(4)29(35)30(36-6)28(34)19(3)11-12-21(5)33/h8-11,13-15,20,23-24,26,28,30,34H,7,12,16-17H2,1-6H3/b18-15+,19-11+/t20?,23-,24?,26?,28?,30-/m1/s1. The summed E-state index contributed by atoms with van der Waals surface area (Å²) in [6.45, 7) is 9.30. The van der Waals surface area contributed by atoms with Gasteiger partial charge in [0.25, 0.3) is 0 Å². The van der Waals surface area contributed by atoms with Crippen molar-refractivity contribution >= 4 is 28.9 Å². The summed E-state index contributed by atoms with van der Waals surface area (Å²) in [5, 5.41) is 13.4. The highest BCUT2D eigenvalue weighted by Crippen LogP contribution is 2.43. The number of carbonyl (C=O) groups is 2. The van der Waals surface area contributed by atoms with Crippen LogP contribution in [0.2, 0.25) is 5.02 Å². The van der Waals surface area contributed by atoms with Crippen LogP contribution in [0.25, 0.3) is 0 Å². The molecule has 2 aliphatic heterocycles. The van der Waals surface area contributed by atoms with Crippen molar-refractivity contribution in [3.05, 3.63) is 64.2 Å². The number of hydrogen-bond donors (Lipinski definition) is 1. The van der Waals surface area contributed by atoms with Gasteiger partial charge >= 0.3 is 0 Å². The smallest absolute Gasteiger partial charge is 0.167 e. The maximum atomic E-state index is 13.4. The topological polar surface area (TPSA) is 76.1 Å². The molecule has 0 fully saturated rings. The molecule has 0 amide bonds. The molecule has 0 saturated carbocycles. The fourth-order valence-corrected chi connectivity index (χ4v) is 5.36. The van der Waals surface area contributed by atoms with Gasteiger partial charge in [-0.25, -0.2) is 5.06 Å². The zero-order valence-electron chi connectivity index (χ0n) is 22.7. The van der Waals surface area contributed by atoms with E-state index < -0.39 is 12.2 Å². The number of rotatable bonds is 11. The second-order valence-electron chi connectivity index (χ2n) is 10.3. The van der Waals surface area contributed by atoms with Gasteiger partial charge in [0.05, 0.1) is 16.8 Å². The molecule has 6 atom stereocenters. The average molecular weight is 530 g/mol. The predicted octanol–water partition coefficient (Wildman–Crippen LogP) is 5.81. The molecular formula is C30H40ClNO5. The van der Waals surface area contributed by atoms with E-state index in [-0.39, 0.29) is 42.0 Å². The number of anilines is 1. The number of fused-ring (bicyclic) bond motifs is 3. The van der Waals surface area contributed by atoms with Gasteiger partial charge in [0, 0.05) is 19.4 Å². The number of ether oxygens (including phenoxy) is 1. The number of nitrogens with zero attached hydrogens (tertiary/aromatic N) is 1. The fraction of sp³-hybridized carbons (Fsp3) is 0.533. The van der Waals surface area contributed by atoms with Crippen molar-refractivity contribution in [1.82, 2.24) is 0 Å². The van der Waals surface area contributed by atoms with Crippen LogP contribution in [0.15, 0.2) is 53.6 Å². The van der Waals surface area contributed by atoms with E-state index in [1.54, 1.807) is 13.0 Å². The predicted molar refractivity (Wildman–Crippen MR) is 148 cm³/mol. The number of methoxy groups -OCH3 is 1. The van der Waals surface area contributed by atoms with Crippen molar-refractivity contribution in [3.8, 4) is 0 Å². The van der Waals surface area contributed by atoms with Crippen LogP contribution in [-0.2, 0) is 25.6 Å². The average Bonchev–Trinajstić information content (AvgIpc) is 2.87. The Bertz CT molecular complexity index is 1080. The zero-order chi connectivity index (χ0) is 27.3. The first-order valence-electron chi connectivity index (χ1n) is 13.1. The molecule has 4 unspecified atom stereocenters. The largest absolute Gasteiger partial charge is 0.386 e. The lowest BCUT2D eigenvalue weighted by Gasteiger charge is -2.45. The van der Waals surface area contributed by atoms with E-state index in [0.717, 1.165) is 24.1 Å². The lowest BCUT2D eigenvalue weighted by atomic mass is 9.78. The van der Waals surface area contributed by atoms with E-state index >= 15 is 0 Å². The Morgan fingerprint density at radius 2 is 2.00 bits per heavy atom. The molecule has 0 aliphatic carbocycles. The van der Waals surface area contributed by atoms with E-state index in [9.17, 15) is 14.7 Å². The minimum Gasteiger partial charge on any atom is -0.386 e. The number of halogens is 1. The van der Waals surface area contributed by atoms with Gasteiger partial charge < -0.3 is 9.84 Å². The number of ketones is 2. The summed E-state index contributed by atoms with van der Waals surface area (Å²) in [5.41, 5.74) is 3.78. The highest BCUT2D eigenvalue weighted by Gasteiger charge is 2.40. The summed E-state index contributed by atoms with van der Waals surface area (Å²) in [6, 6.07) is 5.81. The van der Waals surface area contributed by atoms with E-state index in [1.807, 2.05) is 24.1 Å². The molecule has 1 aromatic carbocycles. The third-order valence-electron chi connectivity index (χ3n) is 7.41. The third-order valence-corrected chi connectivity index (χ3v) is 7.71. The molecule has 1 N–H and O–H groups in total. The first-order chi connectivity index (χ1) is 17.6. The second kappa shape index (κ2) is 13.0. The molecule has 2 heterocycles. The third kappa shape index (κ3) is 6.99. The summed E-state index contributed by atoms with van der Waals surface area (Å²) in [6.07, 6.45) is 8.25. The minimum atomic E-state index is -1.10. The Morgan fingerprint density at radius 1 is 1.27 bits per heavy atom. The Morgan fingerprint density at radius 3 is 2.65 bits per heavy atom. The number of aliphatic hydroxyl groups is 1. The monoisotopic (exact) mass is 529 g/mol. The van der Waals surface area contributed by atoms with Gasteiger partial charge in [0.1, 0.15) is 24.1 Å². The molecule has 0 aromatic heterocycles. The van der Waals surface area contributed by atoms with E-state index in [4.69, 9.17) is 21.2 Å². The van der Waals surface area contributed by atoms with Crippen LogP contribution >= 0.6 is 11.6 Å². The fourth-order valence-electron chi connectivity index (χ4n) is 5.09. The van der Waals surface area contributed by atoms with Crippen LogP contribution in [0, 0.1) is 11.8 Å². The van der Waals surface area contributed by atoms with Gasteiger partial charge in [-0.05, 0) is 63.2 Å². The molecule has 3 rings (SSSR count). The van der Waals surface area contributed by atoms with Gasteiger partial charge in [-0.2, -0.15) is 0 Å². The Balaban J connectivity index is 1.83. The van der Waals surface area contributed by atoms with Gasteiger partial charge in [-0.3, -0.25) is 14.4 Å². The first kappa shape index (κ1) is 29.3. The van der Waals surface area contributed by atoms with Crippen LogP contribution in [0.4, 0.5) is 5.69 Å². The SMILES string of the molecule is CC/C(C)=C/C1C=CC2[C@H](CC(C)C(=O)[C@H](OC)C(O)/C(C)=C/CC(C)=O)Cc3cccc(Cl)c3N2O1. The highest BCUT2D eigenvalue weighted by molar-refractivity contribution is 6.33. The van der Waals surface area contributed by atoms with Crippen molar-refractivity contribution < 1.29 is 24.3 Å². The maximum absolute atomic E-state index is 13.4. The number of benzene rings is 1. The number of hydroxylamine groups is 1. The molecule has 202 valence electrons. The normalized spacial score (nSPS) is 24.2. The zero-order valence-corrected chi connectivity index (χ0v) is 23.5. The van der Waals surface area contributed by atoms with Gasteiger partial charge in [0.15, 0.2) is 5.78 Å². The summed E-state index contributed by atoms with van der Waals surface area (Å²) < 4.78 is 5.45. The number of hydrogen-bond acceptors (Lipinski definition) is 6. The van der Waals surface area contributed by atoms with Crippen LogP contribution in [-0.4, -0.2) is 48.1 Å². The van der Waals surface area contributed by atoms with Crippen LogP contribution in [0.3, 0.4) is 0 Å². The maximum Gasteiger partial charge on any atom is 0.167 e. The van der Waals surface area contributed by atoms with Crippen LogP contribution in [0.1, 0.15) is 59.4 Å². The molecule has 37 heavy (non-hydrogen) atoms. The number of aliphatic hydroxyl groups excluding tert-OH is 1. The molecule has 1 aromatic rings. The molecule has 7 heteroatoms. The number of para-hydroxylation sites is 1. The van der Waals surface area contributed by atoms with Crippen molar-refractivity contribution in [2.24, 2.45) is 11.8 Å². The summed E-state index contributed by atoms with van der Waals surface area (Å²) >= 11 is 6.63.